The molecule has 0 amide bonds. The van der Waals surface area contributed by atoms with Gasteiger partial charge in [0.2, 0.25) is 0 Å². The molecule has 0 atom stereocenters. The Labute approximate surface area is 195 Å². The van der Waals surface area contributed by atoms with Crippen molar-refractivity contribution >= 4 is 49.5 Å². The zero-order chi connectivity index (χ0) is 22.6. The van der Waals surface area contributed by atoms with Crippen molar-refractivity contribution in [1.29, 1.82) is 0 Å². The lowest BCUT2D eigenvalue weighted by Crippen LogP contribution is -2.14. The molecule has 160 valence electrons. The minimum atomic E-state index is 0.339. The van der Waals surface area contributed by atoms with Crippen molar-refractivity contribution in [3.8, 4) is 11.4 Å². The number of nitrogens with zero attached hydrogens (tertiary/aromatic N) is 4. The highest BCUT2D eigenvalue weighted by Crippen LogP contribution is 2.38. The van der Waals surface area contributed by atoms with Gasteiger partial charge in [-0.05, 0) is 68.7 Å². The average molecular weight is 438 g/mol. The molecule has 34 heavy (non-hydrogen) atoms. The molecule has 7 aromatic rings. The van der Waals surface area contributed by atoms with Crippen molar-refractivity contribution in [1.82, 2.24) is 14.4 Å². The van der Waals surface area contributed by atoms with Crippen LogP contribution in [0.3, 0.4) is 0 Å². The van der Waals surface area contributed by atoms with Crippen LogP contribution in [-0.4, -0.2) is 20.2 Å². The molecule has 0 saturated heterocycles. The van der Waals surface area contributed by atoms with Crippen molar-refractivity contribution in [2.24, 2.45) is 10.7 Å². The van der Waals surface area contributed by atoms with Gasteiger partial charge in [-0.1, -0.05) is 54.6 Å². The monoisotopic (exact) mass is 437 g/mol. The molecule has 0 radical (unpaired) electrons. The Morgan fingerprint density at radius 1 is 0.735 bits per heavy atom. The van der Waals surface area contributed by atoms with E-state index < -0.39 is 0 Å². The molecule has 3 aromatic heterocycles. The Hall–Kier alpha value is -4.77. The summed E-state index contributed by atoms with van der Waals surface area (Å²) >= 11 is 0. The van der Waals surface area contributed by atoms with E-state index in [2.05, 4.69) is 69.0 Å². The summed E-state index contributed by atoms with van der Waals surface area (Å²) in [5.41, 5.74) is 8.83. The fourth-order valence-corrected chi connectivity index (χ4v) is 4.88. The van der Waals surface area contributed by atoms with Crippen LogP contribution >= 0.6 is 0 Å². The summed E-state index contributed by atoms with van der Waals surface area (Å²) in [6.45, 7) is 0. The molecule has 0 bridgehead atoms. The van der Waals surface area contributed by atoms with E-state index in [4.69, 9.17) is 10.7 Å². The lowest BCUT2D eigenvalue weighted by atomic mass is 9.93. The second-order valence-corrected chi connectivity index (χ2v) is 8.43. The lowest BCUT2D eigenvalue weighted by molar-refractivity contribution is 1.16. The van der Waals surface area contributed by atoms with Crippen molar-refractivity contribution in [3.63, 3.8) is 0 Å². The van der Waals surface area contributed by atoms with E-state index in [1.165, 1.54) is 32.3 Å². The fourth-order valence-electron chi connectivity index (χ4n) is 4.88. The van der Waals surface area contributed by atoms with E-state index in [0.717, 1.165) is 16.9 Å². The van der Waals surface area contributed by atoms with E-state index in [1.807, 2.05) is 42.6 Å². The second-order valence-electron chi connectivity index (χ2n) is 8.43. The normalized spacial score (nSPS) is 12.4. The van der Waals surface area contributed by atoms with Gasteiger partial charge in [0.15, 0.2) is 11.7 Å². The molecule has 4 aromatic carbocycles. The summed E-state index contributed by atoms with van der Waals surface area (Å²) in [5, 5.41) is 7.51. The van der Waals surface area contributed by atoms with Gasteiger partial charge in [0.1, 0.15) is 11.5 Å². The predicted octanol–water partition coefficient (Wildman–Crippen LogP) is 6.33. The average Bonchev–Trinajstić information content (AvgIpc) is 3.26. The number of hydrogen-bond donors (Lipinski definition) is 1. The Balaban J connectivity index is 1.46. The minimum Gasteiger partial charge on any atom is -0.382 e. The van der Waals surface area contributed by atoms with Crippen LogP contribution in [0.5, 0.6) is 0 Å². The fraction of sp³-hybridized carbons (Fsp3) is 0. The molecule has 0 aliphatic rings. The van der Waals surface area contributed by atoms with Gasteiger partial charge in [0, 0.05) is 18.0 Å². The third kappa shape index (κ3) is 2.77. The first kappa shape index (κ1) is 18.8. The zero-order valence-corrected chi connectivity index (χ0v) is 18.2. The van der Waals surface area contributed by atoms with Crippen LogP contribution in [0.2, 0.25) is 0 Å². The van der Waals surface area contributed by atoms with Crippen LogP contribution in [0, 0.1) is 0 Å². The number of aliphatic imine (C=N–C) groups is 1. The number of imidazole rings is 1. The Bertz CT molecular complexity index is 1800. The summed E-state index contributed by atoms with van der Waals surface area (Å²) in [6.07, 6.45) is 3.72. The van der Waals surface area contributed by atoms with Crippen LogP contribution in [0.4, 0.5) is 5.82 Å². The molecule has 0 unspecified atom stereocenters. The molecule has 0 aliphatic heterocycles. The third-order valence-electron chi connectivity index (χ3n) is 6.40. The van der Waals surface area contributed by atoms with Gasteiger partial charge in [-0.15, -0.1) is 0 Å². The molecule has 7 rings (SSSR count). The topological polar surface area (TPSA) is 68.6 Å². The molecular weight excluding hydrogens is 418 g/mol. The van der Waals surface area contributed by atoms with Gasteiger partial charge in [-0.2, -0.15) is 0 Å². The molecular formula is C29H19N5. The van der Waals surface area contributed by atoms with Crippen molar-refractivity contribution in [3.05, 3.63) is 109 Å². The summed E-state index contributed by atoms with van der Waals surface area (Å²) in [4.78, 5) is 13.9. The Kier molecular flexibility index (Phi) is 3.93. The van der Waals surface area contributed by atoms with Crippen molar-refractivity contribution in [2.45, 2.75) is 0 Å². The van der Waals surface area contributed by atoms with Crippen LogP contribution in [0.25, 0.3) is 49.2 Å². The molecule has 2 N–H and O–H groups in total. The molecule has 5 nitrogen and oxygen atoms in total. The molecule has 0 fully saturated rings. The second kappa shape index (κ2) is 7.12. The molecule has 3 heterocycles. The van der Waals surface area contributed by atoms with Crippen LogP contribution in [-0.2, 0) is 0 Å². The smallest absolute Gasteiger partial charge is 0.180 e. The number of amidine groups is 1. The van der Waals surface area contributed by atoms with E-state index in [1.54, 1.807) is 6.20 Å². The van der Waals surface area contributed by atoms with Crippen LogP contribution < -0.4 is 5.73 Å². The zero-order valence-electron chi connectivity index (χ0n) is 18.2. The maximum absolute atomic E-state index is 6.27. The number of nitrogens with two attached hydrogens (primary N) is 1. The molecule has 0 spiro atoms. The van der Waals surface area contributed by atoms with E-state index in [0.29, 0.717) is 17.3 Å². The molecule has 0 aliphatic carbocycles. The number of aromatic nitrogens is 3. The quantitative estimate of drug-likeness (QED) is 0.199. The lowest BCUT2D eigenvalue weighted by Gasteiger charge is -2.12. The van der Waals surface area contributed by atoms with Crippen LogP contribution in [0.15, 0.2) is 108 Å². The SMILES string of the molecule is N/C(=N\c1nc(-c2cc3ccc4cccc5ccc(c2)c3c45)n2ccccc12)c1ccccn1. The van der Waals surface area contributed by atoms with Gasteiger partial charge < -0.3 is 5.73 Å². The van der Waals surface area contributed by atoms with Gasteiger partial charge in [-0.3, -0.25) is 9.38 Å². The van der Waals surface area contributed by atoms with Crippen molar-refractivity contribution < 1.29 is 0 Å². The first-order valence-electron chi connectivity index (χ1n) is 11.2. The van der Waals surface area contributed by atoms with Gasteiger partial charge in [0.05, 0.1) is 5.52 Å². The minimum absolute atomic E-state index is 0.339. The number of benzene rings is 4. The molecule has 5 heteroatoms. The highest BCUT2D eigenvalue weighted by molar-refractivity contribution is 6.23. The first-order valence-corrected chi connectivity index (χ1v) is 11.2. The summed E-state index contributed by atoms with van der Waals surface area (Å²) in [6, 6.07) is 31.3. The van der Waals surface area contributed by atoms with Gasteiger partial charge in [0.25, 0.3) is 0 Å². The highest BCUT2D eigenvalue weighted by Gasteiger charge is 2.16. The summed E-state index contributed by atoms with van der Waals surface area (Å²) in [7, 11) is 0. The maximum Gasteiger partial charge on any atom is 0.180 e. The Morgan fingerprint density at radius 2 is 1.44 bits per heavy atom. The van der Waals surface area contributed by atoms with Gasteiger partial charge >= 0.3 is 0 Å². The number of hydrogen-bond acceptors (Lipinski definition) is 3. The standard InChI is InChI=1S/C29H19N5/c30-27(23-8-1-3-14-31-23)32-28-24-9-2-4-15-34(24)29(33-28)22-16-20-12-10-18-6-5-7-19-11-13-21(17-22)26(20)25(18)19/h1-17H,(H2,30,32). The third-order valence-corrected chi connectivity index (χ3v) is 6.40. The summed E-state index contributed by atoms with van der Waals surface area (Å²) in [5.74, 6) is 1.74. The van der Waals surface area contributed by atoms with Crippen molar-refractivity contribution in [2.75, 3.05) is 0 Å². The van der Waals surface area contributed by atoms with Crippen LogP contribution in [0.1, 0.15) is 5.69 Å². The van der Waals surface area contributed by atoms with E-state index in [-0.39, 0.29) is 0 Å². The number of pyridine rings is 2. The highest BCUT2D eigenvalue weighted by atomic mass is 15.1. The predicted molar refractivity (Wildman–Crippen MR) is 139 cm³/mol. The molecule has 0 saturated carbocycles. The summed E-state index contributed by atoms with van der Waals surface area (Å²) < 4.78 is 2.07. The largest absolute Gasteiger partial charge is 0.382 e. The number of fused-ring (bicyclic) bond motifs is 1. The number of rotatable bonds is 3. The van der Waals surface area contributed by atoms with Gasteiger partial charge in [-0.25, -0.2) is 9.98 Å². The Morgan fingerprint density at radius 3 is 2.18 bits per heavy atom. The van der Waals surface area contributed by atoms with E-state index in [9.17, 15) is 0 Å². The maximum atomic E-state index is 6.27. The first-order chi connectivity index (χ1) is 16.8. The van der Waals surface area contributed by atoms with E-state index >= 15 is 0 Å².